The van der Waals surface area contributed by atoms with Crippen molar-refractivity contribution in [1.29, 1.82) is 0 Å². The Morgan fingerprint density at radius 3 is 2.64 bits per heavy atom. The third-order valence-electron chi connectivity index (χ3n) is 2.17. The average molecular weight is 150 g/mol. The number of rotatable bonds is 1. The van der Waals surface area contributed by atoms with Crippen LogP contribution in [0.5, 0.6) is 0 Å². The SMILES string of the molecule is CC1=CC(C)(C)C(C=O)C=C1. The van der Waals surface area contributed by atoms with Gasteiger partial charge in [0.15, 0.2) is 0 Å². The highest BCUT2D eigenvalue weighted by atomic mass is 16.1. The van der Waals surface area contributed by atoms with Gasteiger partial charge in [0.05, 0.1) is 0 Å². The molecule has 0 aromatic rings. The maximum absolute atomic E-state index is 10.6. The lowest BCUT2D eigenvalue weighted by atomic mass is 9.75. The topological polar surface area (TPSA) is 17.1 Å². The normalized spacial score (nSPS) is 27.9. The van der Waals surface area contributed by atoms with Gasteiger partial charge < -0.3 is 4.79 Å². The fraction of sp³-hybridized carbons (Fsp3) is 0.500. The maximum atomic E-state index is 10.6. The average Bonchev–Trinajstić information content (AvgIpc) is 1.85. The van der Waals surface area contributed by atoms with Crippen LogP contribution in [0.4, 0.5) is 0 Å². The highest BCUT2D eigenvalue weighted by molar-refractivity contribution is 5.60. The van der Waals surface area contributed by atoms with Crippen LogP contribution < -0.4 is 0 Å². The molecule has 0 aromatic carbocycles. The first-order chi connectivity index (χ1) is 5.06. The van der Waals surface area contributed by atoms with Crippen LogP contribution in [0.25, 0.3) is 0 Å². The number of hydrogen-bond acceptors (Lipinski definition) is 1. The van der Waals surface area contributed by atoms with Gasteiger partial charge in [-0.05, 0) is 12.3 Å². The summed E-state index contributed by atoms with van der Waals surface area (Å²) in [4.78, 5) is 10.6. The summed E-state index contributed by atoms with van der Waals surface area (Å²) < 4.78 is 0. The third kappa shape index (κ3) is 1.59. The number of carbonyl (C=O) groups excluding carboxylic acids is 1. The molecule has 1 unspecified atom stereocenters. The van der Waals surface area contributed by atoms with Crippen molar-refractivity contribution >= 4 is 6.29 Å². The van der Waals surface area contributed by atoms with Gasteiger partial charge in [0.25, 0.3) is 0 Å². The summed E-state index contributed by atoms with van der Waals surface area (Å²) in [7, 11) is 0. The van der Waals surface area contributed by atoms with Crippen molar-refractivity contribution in [1.82, 2.24) is 0 Å². The Kier molecular flexibility index (Phi) is 1.99. The van der Waals surface area contributed by atoms with Crippen LogP contribution >= 0.6 is 0 Å². The van der Waals surface area contributed by atoms with Crippen LogP contribution in [0.15, 0.2) is 23.8 Å². The molecule has 0 spiro atoms. The zero-order valence-electron chi connectivity index (χ0n) is 7.29. The smallest absolute Gasteiger partial charge is 0.127 e. The van der Waals surface area contributed by atoms with Gasteiger partial charge in [0.1, 0.15) is 6.29 Å². The Morgan fingerprint density at radius 2 is 2.18 bits per heavy atom. The van der Waals surface area contributed by atoms with Crippen molar-refractivity contribution in [2.45, 2.75) is 20.8 Å². The van der Waals surface area contributed by atoms with Gasteiger partial charge in [-0.3, -0.25) is 0 Å². The summed E-state index contributed by atoms with van der Waals surface area (Å²) in [6.45, 7) is 6.22. The Morgan fingerprint density at radius 1 is 1.55 bits per heavy atom. The second kappa shape index (κ2) is 2.65. The van der Waals surface area contributed by atoms with Gasteiger partial charge in [-0.2, -0.15) is 0 Å². The van der Waals surface area contributed by atoms with Crippen LogP contribution in [0.1, 0.15) is 20.8 Å². The molecule has 0 heterocycles. The summed E-state index contributed by atoms with van der Waals surface area (Å²) in [5.41, 5.74) is 1.24. The molecule has 1 heteroatoms. The molecule has 1 atom stereocenters. The highest BCUT2D eigenvalue weighted by Gasteiger charge is 2.26. The van der Waals surface area contributed by atoms with E-state index >= 15 is 0 Å². The third-order valence-corrected chi connectivity index (χ3v) is 2.17. The lowest BCUT2D eigenvalue weighted by molar-refractivity contribution is -0.111. The predicted octanol–water partition coefficient (Wildman–Crippen LogP) is 2.34. The van der Waals surface area contributed by atoms with E-state index in [1.807, 2.05) is 12.2 Å². The Labute approximate surface area is 67.8 Å². The van der Waals surface area contributed by atoms with Gasteiger partial charge in [0, 0.05) is 5.92 Å². The molecule has 1 aliphatic rings. The van der Waals surface area contributed by atoms with Crippen LogP contribution in [-0.4, -0.2) is 6.29 Å². The highest BCUT2D eigenvalue weighted by Crippen LogP contribution is 2.32. The fourth-order valence-electron chi connectivity index (χ4n) is 1.46. The van der Waals surface area contributed by atoms with Crippen molar-refractivity contribution in [2.24, 2.45) is 11.3 Å². The Balaban J connectivity index is 2.92. The quantitative estimate of drug-likeness (QED) is 0.524. The van der Waals surface area contributed by atoms with Crippen LogP contribution in [0, 0.1) is 11.3 Å². The number of carbonyl (C=O) groups is 1. The minimum absolute atomic E-state index is 0.000579. The maximum Gasteiger partial charge on any atom is 0.127 e. The van der Waals surface area contributed by atoms with E-state index < -0.39 is 0 Å². The molecule has 0 saturated heterocycles. The largest absolute Gasteiger partial charge is 0.303 e. The number of allylic oxidation sites excluding steroid dienone is 4. The Hall–Kier alpha value is -0.850. The second-order valence-corrected chi connectivity index (χ2v) is 3.73. The minimum Gasteiger partial charge on any atom is -0.303 e. The molecular weight excluding hydrogens is 136 g/mol. The summed E-state index contributed by atoms with van der Waals surface area (Å²) in [6.07, 6.45) is 7.14. The van der Waals surface area contributed by atoms with E-state index in [4.69, 9.17) is 0 Å². The van der Waals surface area contributed by atoms with Crippen molar-refractivity contribution in [3.63, 3.8) is 0 Å². The molecule has 1 aliphatic carbocycles. The van der Waals surface area contributed by atoms with E-state index in [9.17, 15) is 4.79 Å². The molecule has 0 aliphatic heterocycles. The fourth-order valence-corrected chi connectivity index (χ4v) is 1.46. The summed E-state index contributed by atoms with van der Waals surface area (Å²) in [5, 5.41) is 0. The van der Waals surface area contributed by atoms with Crippen molar-refractivity contribution in [3.8, 4) is 0 Å². The monoisotopic (exact) mass is 150 g/mol. The molecule has 0 saturated carbocycles. The van der Waals surface area contributed by atoms with Crippen molar-refractivity contribution < 1.29 is 4.79 Å². The van der Waals surface area contributed by atoms with E-state index in [-0.39, 0.29) is 11.3 Å². The molecule has 0 aromatic heterocycles. The molecule has 1 rings (SSSR count). The van der Waals surface area contributed by atoms with Gasteiger partial charge in [0.2, 0.25) is 0 Å². The van der Waals surface area contributed by atoms with E-state index in [1.54, 1.807) is 0 Å². The zero-order chi connectivity index (χ0) is 8.48. The van der Waals surface area contributed by atoms with E-state index in [2.05, 4.69) is 26.8 Å². The lowest BCUT2D eigenvalue weighted by Crippen LogP contribution is -2.23. The first kappa shape index (κ1) is 8.25. The van der Waals surface area contributed by atoms with Crippen LogP contribution in [0.2, 0.25) is 0 Å². The van der Waals surface area contributed by atoms with E-state index in [0.717, 1.165) is 6.29 Å². The van der Waals surface area contributed by atoms with Gasteiger partial charge in [-0.15, -0.1) is 0 Å². The molecule has 1 nitrogen and oxygen atoms in total. The standard InChI is InChI=1S/C10H14O/c1-8-4-5-9(7-11)10(2,3)6-8/h4-7,9H,1-3H3. The summed E-state index contributed by atoms with van der Waals surface area (Å²) in [6, 6.07) is 0. The molecular formula is C10H14O. The molecule has 0 amide bonds. The molecule has 0 fully saturated rings. The minimum atomic E-state index is 0.000579. The summed E-state index contributed by atoms with van der Waals surface area (Å²) in [5.74, 6) is 0.0474. The van der Waals surface area contributed by atoms with E-state index in [0.29, 0.717) is 0 Å². The Bertz CT molecular complexity index is 221. The van der Waals surface area contributed by atoms with Crippen molar-refractivity contribution in [3.05, 3.63) is 23.8 Å². The molecule has 0 bridgehead atoms. The molecule has 0 N–H and O–H groups in total. The first-order valence-corrected chi connectivity index (χ1v) is 3.89. The first-order valence-electron chi connectivity index (χ1n) is 3.89. The van der Waals surface area contributed by atoms with Crippen molar-refractivity contribution in [2.75, 3.05) is 0 Å². The lowest BCUT2D eigenvalue weighted by Gasteiger charge is -2.28. The van der Waals surface area contributed by atoms with Crippen LogP contribution in [0.3, 0.4) is 0 Å². The zero-order valence-corrected chi connectivity index (χ0v) is 7.29. The number of hydrogen-bond donors (Lipinski definition) is 0. The van der Waals surface area contributed by atoms with Gasteiger partial charge >= 0.3 is 0 Å². The number of aldehydes is 1. The van der Waals surface area contributed by atoms with Gasteiger partial charge in [-0.1, -0.05) is 37.6 Å². The van der Waals surface area contributed by atoms with E-state index in [1.165, 1.54) is 5.57 Å². The predicted molar refractivity (Wildman–Crippen MR) is 46.2 cm³/mol. The van der Waals surface area contributed by atoms with Gasteiger partial charge in [-0.25, -0.2) is 0 Å². The molecule has 0 radical (unpaired) electrons. The second-order valence-electron chi connectivity index (χ2n) is 3.73. The molecule has 60 valence electrons. The van der Waals surface area contributed by atoms with Crippen LogP contribution in [-0.2, 0) is 4.79 Å². The molecule has 11 heavy (non-hydrogen) atoms. The summed E-state index contributed by atoms with van der Waals surface area (Å²) >= 11 is 0.